The molecule has 0 fully saturated rings. The number of benzene rings is 2. The van der Waals surface area contributed by atoms with Gasteiger partial charge in [0, 0.05) is 17.4 Å². The van der Waals surface area contributed by atoms with E-state index in [1.54, 1.807) is 48.8 Å². The molecule has 166 valence electrons. The fourth-order valence-electron chi connectivity index (χ4n) is 3.17. The third kappa shape index (κ3) is 4.13. The smallest absolute Gasteiger partial charge is 0.264 e. The van der Waals surface area contributed by atoms with Gasteiger partial charge in [-0.25, -0.2) is 23.4 Å². The number of imidazole rings is 1. The molecule has 0 radical (unpaired) electrons. The highest BCUT2D eigenvalue weighted by atomic mass is 32.2. The van der Waals surface area contributed by atoms with E-state index in [4.69, 9.17) is 4.74 Å². The molecule has 1 N–H and O–H groups in total. The number of nitrogens with zero attached hydrogens (tertiary/aromatic N) is 6. The van der Waals surface area contributed by atoms with Crippen molar-refractivity contribution >= 4 is 38.5 Å². The lowest BCUT2D eigenvalue weighted by Crippen LogP contribution is -2.13. The predicted molar refractivity (Wildman–Crippen MR) is 123 cm³/mol. The fourth-order valence-corrected chi connectivity index (χ4v) is 4.99. The van der Waals surface area contributed by atoms with Crippen molar-refractivity contribution < 1.29 is 13.2 Å². The van der Waals surface area contributed by atoms with Gasteiger partial charge in [0.15, 0.2) is 0 Å². The summed E-state index contributed by atoms with van der Waals surface area (Å²) < 4.78 is 44.1. The van der Waals surface area contributed by atoms with Crippen LogP contribution in [0.3, 0.4) is 0 Å². The van der Waals surface area contributed by atoms with Gasteiger partial charge in [0.2, 0.25) is 5.88 Å². The summed E-state index contributed by atoms with van der Waals surface area (Å²) in [6.45, 7) is 3.88. The van der Waals surface area contributed by atoms with E-state index in [9.17, 15) is 8.42 Å². The van der Waals surface area contributed by atoms with Crippen molar-refractivity contribution in [2.75, 3.05) is 4.72 Å². The van der Waals surface area contributed by atoms with Crippen LogP contribution in [-0.4, -0.2) is 36.7 Å². The molecule has 0 saturated carbocycles. The van der Waals surface area contributed by atoms with E-state index < -0.39 is 10.0 Å². The van der Waals surface area contributed by atoms with Gasteiger partial charge in [0.05, 0.1) is 17.4 Å². The van der Waals surface area contributed by atoms with E-state index in [0.29, 0.717) is 34.2 Å². The first-order valence-corrected chi connectivity index (χ1v) is 12.0. The van der Waals surface area contributed by atoms with Crippen molar-refractivity contribution in [2.24, 2.45) is 0 Å². The molecule has 12 heteroatoms. The Morgan fingerprint density at radius 2 is 1.82 bits per heavy atom. The number of aromatic nitrogens is 6. The average Bonchev–Trinajstić information content (AvgIpc) is 3.41. The lowest BCUT2D eigenvalue weighted by atomic mass is 10.3. The van der Waals surface area contributed by atoms with Gasteiger partial charge in [-0.15, -0.1) is 0 Å². The maximum absolute atomic E-state index is 12.9. The minimum absolute atomic E-state index is 0.0765. The molecule has 0 saturated heterocycles. The summed E-state index contributed by atoms with van der Waals surface area (Å²) in [5.74, 6) is 1.47. The summed E-state index contributed by atoms with van der Waals surface area (Å²) in [6, 6.07) is 13.1. The highest BCUT2D eigenvalue weighted by Gasteiger charge is 2.19. The number of ether oxygens (including phenoxy) is 1. The van der Waals surface area contributed by atoms with Crippen LogP contribution in [0.1, 0.15) is 11.4 Å². The van der Waals surface area contributed by atoms with Crippen molar-refractivity contribution in [3.63, 3.8) is 0 Å². The Balaban J connectivity index is 1.34. The van der Waals surface area contributed by atoms with Crippen LogP contribution >= 0.6 is 11.7 Å². The highest BCUT2D eigenvalue weighted by molar-refractivity contribution is 7.93. The lowest BCUT2D eigenvalue weighted by Gasteiger charge is -2.10. The lowest BCUT2D eigenvalue weighted by molar-refractivity contribution is 0.461. The Labute approximate surface area is 193 Å². The monoisotopic (exact) mass is 479 g/mol. The van der Waals surface area contributed by atoms with Gasteiger partial charge in [0.25, 0.3) is 10.0 Å². The molecule has 5 aromatic rings. The maximum atomic E-state index is 12.9. The number of fused-ring (bicyclic) bond motifs is 1. The van der Waals surface area contributed by atoms with Crippen LogP contribution in [0.15, 0.2) is 66.1 Å². The zero-order chi connectivity index (χ0) is 23.0. The van der Waals surface area contributed by atoms with Crippen LogP contribution < -0.4 is 9.46 Å². The second kappa shape index (κ2) is 8.22. The summed E-state index contributed by atoms with van der Waals surface area (Å²) in [7, 11) is -3.84. The Hall–Kier alpha value is -3.90. The Morgan fingerprint density at radius 3 is 2.58 bits per heavy atom. The molecule has 0 spiro atoms. The molecule has 0 aliphatic carbocycles. The second-order valence-corrected chi connectivity index (χ2v) is 9.30. The Bertz CT molecular complexity index is 1560. The first-order chi connectivity index (χ1) is 15.9. The minimum Gasteiger partial charge on any atom is -0.439 e. The van der Waals surface area contributed by atoms with Crippen LogP contribution in [0, 0.1) is 13.8 Å². The fraction of sp³-hybridized carbons (Fsp3) is 0.0952. The van der Waals surface area contributed by atoms with Crippen molar-refractivity contribution in [3.05, 3.63) is 72.6 Å². The van der Waals surface area contributed by atoms with Crippen LogP contribution in [0.5, 0.6) is 11.6 Å². The number of hydrogen-bond acceptors (Lipinski definition) is 9. The predicted octanol–water partition coefficient (Wildman–Crippen LogP) is 3.88. The topological polar surface area (TPSA) is 125 Å². The highest BCUT2D eigenvalue weighted by Crippen LogP contribution is 2.26. The normalized spacial score (nSPS) is 11.6. The molecule has 3 heterocycles. The van der Waals surface area contributed by atoms with Crippen molar-refractivity contribution in [3.8, 4) is 17.4 Å². The maximum Gasteiger partial charge on any atom is 0.264 e. The van der Waals surface area contributed by atoms with E-state index in [1.807, 2.05) is 18.4 Å². The number of rotatable bonds is 6. The van der Waals surface area contributed by atoms with Gasteiger partial charge in [0.1, 0.15) is 40.2 Å². The van der Waals surface area contributed by atoms with Crippen LogP contribution in [0.25, 0.3) is 16.9 Å². The molecular formula is C21H17N7O3S2. The van der Waals surface area contributed by atoms with E-state index in [-0.39, 0.29) is 4.90 Å². The van der Waals surface area contributed by atoms with Crippen LogP contribution in [-0.2, 0) is 10.0 Å². The molecule has 0 bridgehead atoms. The number of nitrogens with one attached hydrogen (secondary N) is 1. The molecule has 0 amide bonds. The standard InChI is InChI=1S/C21H17N7O3S2/c1-13-14(2)28(12-24-13)19-10-20(23-11-22-19)31-16-8-6-15(7-9-16)27-33(29,30)18-5-3-4-17-21(18)26-32-25-17/h3-12,27H,1-2H3. The molecule has 33 heavy (non-hydrogen) atoms. The third-order valence-corrected chi connectivity index (χ3v) is 6.95. The van der Waals surface area contributed by atoms with Gasteiger partial charge < -0.3 is 4.74 Å². The van der Waals surface area contributed by atoms with Crippen molar-refractivity contribution in [2.45, 2.75) is 18.7 Å². The zero-order valence-corrected chi connectivity index (χ0v) is 19.1. The molecule has 3 aromatic heterocycles. The van der Waals surface area contributed by atoms with Gasteiger partial charge in [-0.3, -0.25) is 9.29 Å². The summed E-state index contributed by atoms with van der Waals surface area (Å²) in [6.07, 6.45) is 3.11. The molecule has 0 aliphatic rings. The van der Waals surface area contributed by atoms with Crippen molar-refractivity contribution in [1.82, 2.24) is 28.3 Å². The molecule has 0 atom stereocenters. The summed E-state index contributed by atoms with van der Waals surface area (Å²) in [4.78, 5) is 12.8. The quantitative estimate of drug-likeness (QED) is 0.389. The molecule has 10 nitrogen and oxygen atoms in total. The van der Waals surface area contributed by atoms with Gasteiger partial charge in [-0.05, 0) is 50.2 Å². The van der Waals surface area contributed by atoms with Gasteiger partial charge >= 0.3 is 0 Å². The zero-order valence-electron chi connectivity index (χ0n) is 17.5. The van der Waals surface area contributed by atoms with Gasteiger partial charge in [-0.2, -0.15) is 8.75 Å². The molecule has 5 rings (SSSR count). The number of hydrogen-bond donors (Lipinski definition) is 1. The minimum atomic E-state index is -3.84. The number of anilines is 1. The summed E-state index contributed by atoms with van der Waals surface area (Å²) >= 11 is 0.970. The number of sulfonamides is 1. The summed E-state index contributed by atoms with van der Waals surface area (Å²) in [5.41, 5.74) is 3.15. The Morgan fingerprint density at radius 1 is 1.00 bits per heavy atom. The molecule has 2 aromatic carbocycles. The third-order valence-electron chi connectivity index (χ3n) is 4.99. The molecule has 0 unspecified atom stereocenters. The molecular weight excluding hydrogens is 462 g/mol. The van der Waals surface area contributed by atoms with E-state index in [0.717, 1.165) is 23.1 Å². The Kier molecular flexibility index (Phi) is 5.23. The van der Waals surface area contributed by atoms with Crippen molar-refractivity contribution in [1.29, 1.82) is 0 Å². The van der Waals surface area contributed by atoms with E-state index in [2.05, 4.69) is 28.4 Å². The number of aryl methyl sites for hydroxylation is 1. The van der Waals surface area contributed by atoms with Crippen LogP contribution in [0.4, 0.5) is 5.69 Å². The van der Waals surface area contributed by atoms with E-state index in [1.165, 1.54) is 12.4 Å². The molecule has 0 aliphatic heterocycles. The first-order valence-electron chi connectivity index (χ1n) is 9.76. The van der Waals surface area contributed by atoms with E-state index >= 15 is 0 Å². The summed E-state index contributed by atoms with van der Waals surface area (Å²) in [5, 5.41) is 0. The largest absolute Gasteiger partial charge is 0.439 e. The first kappa shape index (κ1) is 21.0. The SMILES string of the molecule is Cc1ncn(-c2cc(Oc3ccc(NS(=O)(=O)c4cccc5nsnc45)cc3)ncn2)c1C. The average molecular weight is 480 g/mol. The van der Waals surface area contributed by atoms with Crippen LogP contribution in [0.2, 0.25) is 0 Å². The van der Waals surface area contributed by atoms with Gasteiger partial charge in [-0.1, -0.05) is 6.07 Å². The second-order valence-electron chi connectivity index (χ2n) is 7.12.